The number of nitrogens with one attached hydrogen (secondary N) is 1. The number of nitrogens with two attached hydrogens (primary N) is 1. The lowest BCUT2D eigenvalue weighted by molar-refractivity contribution is 0.0938. The molecule has 0 bridgehead atoms. The highest BCUT2D eigenvalue weighted by atomic mass is 19.2. The summed E-state index contributed by atoms with van der Waals surface area (Å²) >= 11 is 0. The predicted molar refractivity (Wildman–Crippen MR) is 124 cm³/mol. The Morgan fingerprint density at radius 1 is 1.06 bits per heavy atom. The number of amides is 1. The van der Waals surface area contributed by atoms with Crippen molar-refractivity contribution in [2.24, 2.45) is 5.92 Å². The molecule has 0 spiro atoms. The molecule has 1 heterocycles. The van der Waals surface area contributed by atoms with Gasteiger partial charge in [-0.15, -0.1) is 0 Å². The molecule has 1 aliphatic carbocycles. The Morgan fingerprint density at radius 3 is 2.50 bits per heavy atom. The molecule has 0 aliphatic heterocycles. The summed E-state index contributed by atoms with van der Waals surface area (Å²) in [7, 11) is 3.88. The largest absolute Gasteiger partial charge is 0.368 e. The molecule has 1 aliphatic rings. The normalized spacial score (nSPS) is 13.9. The van der Waals surface area contributed by atoms with E-state index in [9.17, 15) is 13.6 Å². The van der Waals surface area contributed by atoms with Crippen LogP contribution in [0.3, 0.4) is 0 Å². The van der Waals surface area contributed by atoms with Crippen LogP contribution in [0.2, 0.25) is 0 Å². The number of benzene rings is 2. The molecule has 1 aromatic heterocycles. The Bertz CT molecular complexity index is 1070. The Balaban J connectivity index is 0.000000186. The molecule has 1 saturated carbocycles. The van der Waals surface area contributed by atoms with Crippen molar-refractivity contribution < 1.29 is 13.6 Å². The van der Waals surface area contributed by atoms with Crippen LogP contribution in [-0.2, 0) is 0 Å². The third-order valence-corrected chi connectivity index (χ3v) is 5.50. The second-order valence-electron chi connectivity index (χ2n) is 8.13. The first-order valence-electron chi connectivity index (χ1n) is 10.8. The topological polar surface area (TPSA) is 84.1 Å². The van der Waals surface area contributed by atoms with Gasteiger partial charge < -0.3 is 16.0 Å². The fourth-order valence-electron chi connectivity index (χ4n) is 3.82. The average Bonchev–Trinajstić information content (AvgIpc) is 2.79. The summed E-state index contributed by atoms with van der Waals surface area (Å²) in [6.07, 6.45) is 5.84. The van der Waals surface area contributed by atoms with Crippen molar-refractivity contribution in [2.75, 3.05) is 31.3 Å². The lowest BCUT2D eigenvalue weighted by atomic mass is 9.89. The maximum absolute atomic E-state index is 13.4. The predicted octanol–water partition coefficient (Wildman–Crippen LogP) is 4.55. The minimum Gasteiger partial charge on any atom is -0.368 e. The molecule has 1 fully saturated rings. The van der Waals surface area contributed by atoms with E-state index in [1.54, 1.807) is 0 Å². The molecule has 2 aromatic carbocycles. The molecule has 0 unspecified atom stereocenters. The molecule has 6 nitrogen and oxygen atoms in total. The zero-order valence-electron chi connectivity index (χ0n) is 18.4. The van der Waals surface area contributed by atoms with Crippen molar-refractivity contribution in [2.45, 2.75) is 32.1 Å². The van der Waals surface area contributed by atoms with Crippen molar-refractivity contribution in [3.05, 3.63) is 59.7 Å². The summed E-state index contributed by atoms with van der Waals surface area (Å²) < 4.78 is 26.4. The average molecular weight is 442 g/mol. The fourth-order valence-corrected chi connectivity index (χ4v) is 3.82. The smallest absolute Gasteiger partial charge is 0.254 e. The SMILES string of the molecule is CN(C)c1nc(N)nc2ccccc12.O=C(NCC1CCCCC1)c1cccc(F)c1F. The number of hydrogen-bond acceptors (Lipinski definition) is 5. The number of para-hydroxylation sites is 1. The van der Waals surface area contributed by atoms with Crippen LogP contribution in [0.5, 0.6) is 0 Å². The Kier molecular flexibility index (Phi) is 7.92. The minimum atomic E-state index is -1.07. The fraction of sp³-hybridized carbons (Fsp3) is 0.375. The summed E-state index contributed by atoms with van der Waals surface area (Å²) in [6, 6.07) is 11.5. The summed E-state index contributed by atoms with van der Waals surface area (Å²) in [6.45, 7) is 0.550. The number of fused-ring (bicyclic) bond motifs is 1. The third-order valence-electron chi connectivity index (χ3n) is 5.50. The van der Waals surface area contributed by atoms with Crippen molar-refractivity contribution in [1.82, 2.24) is 15.3 Å². The zero-order chi connectivity index (χ0) is 23.1. The molecule has 0 atom stereocenters. The van der Waals surface area contributed by atoms with E-state index < -0.39 is 17.5 Å². The van der Waals surface area contributed by atoms with Crippen LogP contribution in [0.15, 0.2) is 42.5 Å². The Morgan fingerprint density at radius 2 is 1.78 bits per heavy atom. The first-order valence-corrected chi connectivity index (χ1v) is 10.8. The number of carbonyl (C=O) groups excluding carboxylic acids is 1. The number of nitrogen functional groups attached to an aromatic ring is 1. The van der Waals surface area contributed by atoms with Gasteiger partial charge in [0.2, 0.25) is 5.95 Å². The van der Waals surface area contributed by atoms with Gasteiger partial charge in [0.05, 0.1) is 11.1 Å². The van der Waals surface area contributed by atoms with E-state index in [0.29, 0.717) is 18.4 Å². The van der Waals surface area contributed by atoms with Gasteiger partial charge in [-0.05, 0) is 43.0 Å². The molecule has 170 valence electrons. The summed E-state index contributed by atoms with van der Waals surface area (Å²) in [4.78, 5) is 22.0. The summed E-state index contributed by atoms with van der Waals surface area (Å²) in [5, 5.41) is 3.71. The highest BCUT2D eigenvalue weighted by Crippen LogP contribution is 2.23. The molecular weight excluding hydrogens is 412 g/mol. The molecule has 3 aromatic rings. The van der Waals surface area contributed by atoms with Crippen molar-refractivity contribution in [1.29, 1.82) is 0 Å². The molecule has 0 saturated heterocycles. The molecule has 4 rings (SSSR count). The summed E-state index contributed by atoms with van der Waals surface area (Å²) in [5.74, 6) is -0.948. The van der Waals surface area contributed by atoms with Gasteiger partial charge in [-0.25, -0.2) is 13.8 Å². The van der Waals surface area contributed by atoms with Crippen LogP contribution in [-0.4, -0.2) is 36.5 Å². The van der Waals surface area contributed by atoms with E-state index in [-0.39, 0.29) is 5.56 Å². The van der Waals surface area contributed by atoms with Crippen molar-refractivity contribution in [3.8, 4) is 0 Å². The molecule has 32 heavy (non-hydrogen) atoms. The highest BCUT2D eigenvalue weighted by Gasteiger charge is 2.18. The standard InChI is InChI=1S/C14H17F2NO.C10H12N4/c15-12-8-4-7-11(13(12)16)14(18)17-9-10-5-2-1-3-6-10;1-14(2)9-7-5-3-4-6-8(7)12-10(11)13-9/h4,7-8,10H,1-3,5-6,9H2,(H,17,18);3-6H,1-2H3,(H2,11,12,13). The van der Waals surface area contributed by atoms with Gasteiger partial charge in [0.15, 0.2) is 11.6 Å². The third kappa shape index (κ3) is 5.90. The van der Waals surface area contributed by atoms with Gasteiger partial charge in [0.1, 0.15) is 5.82 Å². The van der Waals surface area contributed by atoms with Gasteiger partial charge in [-0.3, -0.25) is 4.79 Å². The highest BCUT2D eigenvalue weighted by molar-refractivity contribution is 5.94. The van der Waals surface area contributed by atoms with Crippen LogP contribution in [0, 0.1) is 17.6 Å². The van der Waals surface area contributed by atoms with E-state index in [1.807, 2.05) is 43.3 Å². The number of hydrogen-bond donors (Lipinski definition) is 2. The minimum absolute atomic E-state index is 0.217. The quantitative estimate of drug-likeness (QED) is 0.620. The zero-order valence-corrected chi connectivity index (χ0v) is 18.4. The number of nitrogens with zero attached hydrogens (tertiary/aromatic N) is 3. The van der Waals surface area contributed by atoms with E-state index in [2.05, 4.69) is 15.3 Å². The summed E-state index contributed by atoms with van der Waals surface area (Å²) in [5.41, 5.74) is 6.28. The lowest BCUT2D eigenvalue weighted by Gasteiger charge is -2.21. The number of anilines is 2. The van der Waals surface area contributed by atoms with Crippen LogP contribution in [0.1, 0.15) is 42.5 Å². The van der Waals surface area contributed by atoms with E-state index >= 15 is 0 Å². The van der Waals surface area contributed by atoms with Crippen LogP contribution in [0.4, 0.5) is 20.5 Å². The van der Waals surface area contributed by atoms with Crippen molar-refractivity contribution in [3.63, 3.8) is 0 Å². The Hall–Kier alpha value is -3.29. The molecule has 3 N–H and O–H groups in total. The molecule has 0 radical (unpaired) electrons. The van der Waals surface area contributed by atoms with E-state index in [0.717, 1.165) is 35.6 Å². The van der Waals surface area contributed by atoms with E-state index in [4.69, 9.17) is 5.73 Å². The second-order valence-corrected chi connectivity index (χ2v) is 8.13. The number of rotatable bonds is 4. The van der Waals surface area contributed by atoms with Gasteiger partial charge in [-0.2, -0.15) is 4.98 Å². The van der Waals surface area contributed by atoms with Crippen LogP contribution >= 0.6 is 0 Å². The molecule has 1 amide bonds. The van der Waals surface area contributed by atoms with E-state index in [1.165, 1.54) is 31.4 Å². The van der Waals surface area contributed by atoms with Gasteiger partial charge in [0, 0.05) is 26.0 Å². The van der Waals surface area contributed by atoms with Crippen molar-refractivity contribution >= 4 is 28.6 Å². The molecule has 8 heteroatoms. The van der Waals surface area contributed by atoms with Gasteiger partial charge in [0.25, 0.3) is 5.91 Å². The van der Waals surface area contributed by atoms with Crippen LogP contribution in [0.25, 0.3) is 10.9 Å². The maximum atomic E-state index is 13.4. The number of halogens is 2. The maximum Gasteiger partial charge on any atom is 0.254 e. The second kappa shape index (κ2) is 10.8. The number of aromatic nitrogens is 2. The monoisotopic (exact) mass is 441 g/mol. The number of carbonyl (C=O) groups is 1. The molecular formula is C24H29F2N5O. The van der Waals surface area contributed by atoms with Crippen LogP contribution < -0.4 is 16.0 Å². The first-order chi connectivity index (χ1) is 15.4. The Labute approximate surface area is 186 Å². The van der Waals surface area contributed by atoms with Gasteiger partial charge >= 0.3 is 0 Å². The first kappa shape index (κ1) is 23.4. The van der Waals surface area contributed by atoms with Gasteiger partial charge in [-0.1, -0.05) is 37.5 Å². The lowest BCUT2D eigenvalue weighted by Crippen LogP contribution is -2.31.